The molecular weight excluding hydrogens is 136 g/mol. The zero-order valence-electron chi connectivity index (χ0n) is 7.93. The number of rotatable bonds is 5. The summed E-state index contributed by atoms with van der Waals surface area (Å²) in [5.41, 5.74) is 0. The van der Waals surface area contributed by atoms with Crippen LogP contribution in [-0.4, -0.2) is 37.6 Å². The Hall–Kier alpha value is -0.0800. The average molecular weight is 156 g/mol. The van der Waals surface area contributed by atoms with Crippen molar-refractivity contribution in [1.29, 1.82) is 0 Å². The molecule has 0 amide bonds. The van der Waals surface area contributed by atoms with Gasteiger partial charge in [-0.15, -0.1) is 0 Å². The molecule has 1 saturated carbocycles. The summed E-state index contributed by atoms with van der Waals surface area (Å²) in [5, 5.41) is 3.55. The molecule has 0 aromatic rings. The van der Waals surface area contributed by atoms with Gasteiger partial charge in [-0.25, -0.2) is 0 Å². The van der Waals surface area contributed by atoms with Crippen molar-refractivity contribution in [1.82, 2.24) is 10.2 Å². The summed E-state index contributed by atoms with van der Waals surface area (Å²) in [4.78, 5) is 2.30. The second-order valence-corrected chi connectivity index (χ2v) is 3.71. The van der Waals surface area contributed by atoms with Crippen molar-refractivity contribution in [2.75, 3.05) is 20.6 Å². The molecule has 1 unspecified atom stereocenters. The molecule has 0 heterocycles. The van der Waals surface area contributed by atoms with Gasteiger partial charge in [0.25, 0.3) is 0 Å². The lowest BCUT2D eigenvalue weighted by Gasteiger charge is -2.22. The summed E-state index contributed by atoms with van der Waals surface area (Å²) < 4.78 is 0. The van der Waals surface area contributed by atoms with Gasteiger partial charge in [0.2, 0.25) is 0 Å². The molecule has 0 aromatic carbocycles. The van der Waals surface area contributed by atoms with Gasteiger partial charge in [0.1, 0.15) is 0 Å². The van der Waals surface area contributed by atoms with Crippen molar-refractivity contribution >= 4 is 0 Å². The quantitative estimate of drug-likeness (QED) is 0.641. The van der Waals surface area contributed by atoms with Crippen LogP contribution in [0.2, 0.25) is 0 Å². The van der Waals surface area contributed by atoms with Crippen molar-refractivity contribution in [3.05, 3.63) is 0 Å². The molecule has 1 atom stereocenters. The smallest absolute Gasteiger partial charge is 0.0212 e. The van der Waals surface area contributed by atoms with Crippen LogP contribution < -0.4 is 5.32 Å². The second-order valence-electron chi connectivity index (χ2n) is 3.71. The highest BCUT2D eigenvalue weighted by molar-refractivity contribution is 4.82. The molecule has 1 rings (SSSR count). The monoisotopic (exact) mass is 156 g/mol. The number of nitrogens with one attached hydrogen (secondary N) is 1. The van der Waals surface area contributed by atoms with Crippen molar-refractivity contribution < 1.29 is 0 Å². The lowest BCUT2D eigenvalue weighted by atomic mass is 10.2. The predicted octanol–water partition coefficient (Wildman–Crippen LogP) is 1.08. The van der Waals surface area contributed by atoms with Gasteiger partial charge in [-0.1, -0.05) is 6.92 Å². The van der Waals surface area contributed by atoms with Crippen molar-refractivity contribution in [2.24, 2.45) is 0 Å². The Morgan fingerprint density at radius 1 is 1.45 bits per heavy atom. The van der Waals surface area contributed by atoms with Gasteiger partial charge in [0.05, 0.1) is 0 Å². The number of hydrogen-bond donors (Lipinski definition) is 1. The van der Waals surface area contributed by atoms with Crippen molar-refractivity contribution in [3.63, 3.8) is 0 Å². The van der Waals surface area contributed by atoms with E-state index in [4.69, 9.17) is 0 Å². The first-order valence-corrected chi connectivity index (χ1v) is 4.63. The minimum absolute atomic E-state index is 0.718. The van der Waals surface area contributed by atoms with E-state index in [9.17, 15) is 0 Å². The average Bonchev–Trinajstić information content (AvgIpc) is 2.72. The Kier molecular flexibility index (Phi) is 3.34. The van der Waals surface area contributed by atoms with Crippen LogP contribution in [0.1, 0.15) is 26.2 Å². The van der Waals surface area contributed by atoms with Gasteiger partial charge in [0.15, 0.2) is 0 Å². The molecule has 66 valence electrons. The highest BCUT2D eigenvalue weighted by Gasteiger charge is 2.21. The molecule has 1 fully saturated rings. The molecule has 2 heteroatoms. The van der Waals surface area contributed by atoms with Crippen LogP contribution in [0.4, 0.5) is 0 Å². The third-order valence-corrected chi connectivity index (χ3v) is 2.42. The van der Waals surface area contributed by atoms with Crippen LogP contribution in [0.15, 0.2) is 0 Å². The summed E-state index contributed by atoms with van der Waals surface area (Å²) in [6.07, 6.45) is 4.03. The van der Waals surface area contributed by atoms with E-state index in [0.717, 1.165) is 18.6 Å². The third kappa shape index (κ3) is 3.21. The standard InChI is InChI=1S/C9H20N2/c1-4-9(11(2)3)7-10-8-5-6-8/h8-10H,4-7H2,1-3H3. The Morgan fingerprint density at radius 2 is 2.09 bits per heavy atom. The summed E-state index contributed by atoms with van der Waals surface area (Å²) in [6, 6.07) is 1.57. The number of hydrogen-bond acceptors (Lipinski definition) is 2. The first-order chi connectivity index (χ1) is 5.24. The maximum atomic E-state index is 3.55. The molecule has 1 aliphatic rings. The first kappa shape index (κ1) is 9.01. The lowest BCUT2D eigenvalue weighted by molar-refractivity contribution is 0.276. The van der Waals surface area contributed by atoms with Gasteiger partial charge in [-0.2, -0.15) is 0 Å². The summed E-state index contributed by atoms with van der Waals surface area (Å²) in [5.74, 6) is 0. The Morgan fingerprint density at radius 3 is 2.45 bits per heavy atom. The highest BCUT2D eigenvalue weighted by atomic mass is 15.1. The molecule has 0 saturated heterocycles. The summed E-state index contributed by atoms with van der Waals surface area (Å²) in [6.45, 7) is 3.41. The minimum atomic E-state index is 0.718. The zero-order valence-corrected chi connectivity index (χ0v) is 7.93. The molecule has 1 N–H and O–H groups in total. The molecule has 0 bridgehead atoms. The minimum Gasteiger partial charge on any atom is -0.312 e. The number of nitrogens with zero attached hydrogens (tertiary/aromatic N) is 1. The van der Waals surface area contributed by atoms with Crippen LogP contribution in [0.25, 0.3) is 0 Å². The maximum absolute atomic E-state index is 3.55. The molecule has 1 aliphatic carbocycles. The molecule has 11 heavy (non-hydrogen) atoms. The van der Waals surface area contributed by atoms with Gasteiger partial charge < -0.3 is 10.2 Å². The Balaban J connectivity index is 2.08. The van der Waals surface area contributed by atoms with Gasteiger partial charge in [-0.3, -0.25) is 0 Å². The number of likely N-dealkylation sites (N-methyl/N-ethyl adjacent to an activating group) is 1. The summed E-state index contributed by atoms with van der Waals surface area (Å²) >= 11 is 0. The van der Waals surface area contributed by atoms with E-state index in [1.54, 1.807) is 0 Å². The topological polar surface area (TPSA) is 15.3 Å². The molecule has 0 spiro atoms. The van der Waals surface area contributed by atoms with E-state index < -0.39 is 0 Å². The maximum Gasteiger partial charge on any atom is 0.0212 e. The molecule has 0 aliphatic heterocycles. The van der Waals surface area contributed by atoms with Gasteiger partial charge >= 0.3 is 0 Å². The van der Waals surface area contributed by atoms with Gasteiger partial charge in [0, 0.05) is 18.6 Å². The second kappa shape index (κ2) is 4.07. The zero-order chi connectivity index (χ0) is 8.27. The lowest BCUT2D eigenvalue weighted by Crippen LogP contribution is -2.38. The fourth-order valence-electron chi connectivity index (χ4n) is 1.28. The van der Waals surface area contributed by atoms with E-state index in [-0.39, 0.29) is 0 Å². The molecule has 0 radical (unpaired) electrons. The third-order valence-electron chi connectivity index (χ3n) is 2.42. The fraction of sp³-hybridized carbons (Fsp3) is 1.00. The Labute approximate surface area is 70.0 Å². The Bertz CT molecular complexity index is 108. The molecular formula is C9H20N2. The van der Waals surface area contributed by atoms with Crippen LogP contribution in [0.3, 0.4) is 0 Å². The largest absolute Gasteiger partial charge is 0.312 e. The van der Waals surface area contributed by atoms with E-state index in [1.165, 1.54) is 19.3 Å². The highest BCUT2D eigenvalue weighted by Crippen LogP contribution is 2.18. The van der Waals surface area contributed by atoms with Crippen LogP contribution in [0.5, 0.6) is 0 Å². The van der Waals surface area contributed by atoms with E-state index in [2.05, 4.69) is 31.2 Å². The molecule has 2 nitrogen and oxygen atoms in total. The van der Waals surface area contributed by atoms with Crippen molar-refractivity contribution in [2.45, 2.75) is 38.3 Å². The molecule has 0 aromatic heterocycles. The van der Waals surface area contributed by atoms with Crippen LogP contribution >= 0.6 is 0 Å². The SMILES string of the molecule is CCC(CNC1CC1)N(C)C. The van der Waals surface area contributed by atoms with E-state index in [0.29, 0.717) is 0 Å². The van der Waals surface area contributed by atoms with E-state index >= 15 is 0 Å². The summed E-state index contributed by atoms with van der Waals surface area (Å²) in [7, 11) is 4.31. The predicted molar refractivity (Wildman–Crippen MR) is 48.8 cm³/mol. The van der Waals surface area contributed by atoms with Crippen LogP contribution in [-0.2, 0) is 0 Å². The fourth-order valence-corrected chi connectivity index (χ4v) is 1.28. The van der Waals surface area contributed by atoms with E-state index in [1.807, 2.05) is 0 Å². The van der Waals surface area contributed by atoms with Crippen molar-refractivity contribution in [3.8, 4) is 0 Å². The normalized spacial score (nSPS) is 20.7. The van der Waals surface area contributed by atoms with Gasteiger partial charge in [-0.05, 0) is 33.4 Å². The first-order valence-electron chi connectivity index (χ1n) is 4.63. The van der Waals surface area contributed by atoms with Crippen LogP contribution in [0, 0.1) is 0 Å².